The molecule has 118 valence electrons. The molecule has 1 aliphatic heterocycles. The van der Waals surface area contributed by atoms with Crippen molar-refractivity contribution < 1.29 is 8.42 Å². The Kier molecular flexibility index (Phi) is 4.01. The van der Waals surface area contributed by atoms with E-state index in [0.29, 0.717) is 19.0 Å². The molecule has 6 nitrogen and oxygen atoms in total. The van der Waals surface area contributed by atoms with E-state index in [2.05, 4.69) is 16.1 Å². The summed E-state index contributed by atoms with van der Waals surface area (Å²) in [5, 5.41) is 4.17. The van der Waals surface area contributed by atoms with Gasteiger partial charge in [-0.2, -0.15) is 5.10 Å². The molecule has 2 aromatic rings. The Morgan fingerprint density at radius 1 is 1.32 bits per heavy atom. The van der Waals surface area contributed by atoms with Gasteiger partial charge in [-0.15, -0.1) is 0 Å². The number of hydrogen-bond donors (Lipinski definition) is 0. The van der Waals surface area contributed by atoms with E-state index in [9.17, 15) is 8.42 Å². The van der Waals surface area contributed by atoms with Gasteiger partial charge >= 0.3 is 0 Å². The van der Waals surface area contributed by atoms with Gasteiger partial charge in [0.2, 0.25) is 10.0 Å². The van der Waals surface area contributed by atoms with Crippen molar-refractivity contribution in [2.75, 3.05) is 19.3 Å². The van der Waals surface area contributed by atoms with E-state index in [1.807, 2.05) is 19.2 Å². The molecule has 3 rings (SSSR count). The fourth-order valence-corrected chi connectivity index (χ4v) is 3.88. The minimum atomic E-state index is -3.07. The van der Waals surface area contributed by atoms with E-state index in [1.54, 1.807) is 21.4 Å². The molecule has 0 spiro atoms. The molecular weight excluding hydrogens is 300 g/mol. The fraction of sp³-hybridized carbons (Fsp3) is 0.467. The van der Waals surface area contributed by atoms with Crippen LogP contribution in [-0.4, -0.2) is 46.8 Å². The highest BCUT2D eigenvalue weighted by Gasteiger charge is 2.28. The molecule has 1 atom stereocenters. The van der Waals surface area contributed by atoms with Gasteiger partial charge in [0.25, 0.3) is 0 Å². The molecule has 0 aliphatic carbocycles. The van der Waals surface area contributed by atoms with Crippen LogP contribution in [0.3, 0.4) is 0 Å². The summed E-state index contributed by atoms with van der Waals surface area (Å²) in [7, 11) is -1.17. The van der Waals surface area contributed by atoms with Crippen molar-refractivity contribution in [2.45, 2.75) is 12.8 Å². The molecule has 1 unspecified atom stereocenters. The smallest absolute Gasteiger partial charge is 0.211 e. The molecule has 2 aromatic heterocycles. The van der Waals surface area contributed by atoms with Gasteiger partial charge in [-0.3, -0.25) is 9.67 Å². The topological polar surface area (TPSA) is 68.1 Å². The summed E-state index contributed by atoms with van der Waals surface area (Å²) in [6, 6.07) is 6.01. The quantitative estimate of drug-likeness (QED) is 0.852. The lowest BCUT2D eigenvalue weighted by Gasteiger charge is -2.13. The molecule has 0 N–H and O–H groups in total. The van der Waals surface area contributed by atoms with Gasteiger partial charge in [-0.05, 0) is 42.5 Å². The molecule has 7 heteroatoms. The number of rotatable bonds is 4. The lowest BCUT2D eigenvalue weighted by molar-refractivity contribution is 0.460. The Labute approximate surface area is 130 Å². The zero-order valence-corrected chi connectivity index (χ0v) is 13.6. The highest BCUT2D eigenvalue weighted by atomic mass is 32.2. The van der Waals surface area contributed by atoms with Crippen molar-refractivity contribution in [3.63, 3.8) is 0 Å². The van der Waals surface area contributed by atoms with Crippen molar-refractivity contribution in [1.29, 1.82) is 0 Å². The van der Waals surface area contributed by atoms with E-state index in [0.717, 1.165) is 24.2 Å². The Morgan fingerprint density at radius 2 is 2.14 bits per heavy atom. The van der Waals surface area contributed by atoms with Crippen LogP contribution in [0.4, 0.5) is 0 Å². The second kappa shape index (κ2) is 5.81. The lowest BCUT2D eigenvalue weighted by Crippen LogP contribution is -2.27. The van der Waals surface area contributed by atoms with Crippen LogP contribution in [-0.2, 0) is 23.5 Å². The summed E-state index contributed by atoms with van der Waals surface area (Å²) in [4.78, 5) is 4.40. The van der Waals surface area contributed by atoms with Gasteiger partial charge < -0.3 is 0 Å². The highest BCUT2D eigenvalue weighted by molar-refractivity contribution is 7.88. The molecule has 0 bridgehead atoms. The van der Waals surface area contributed by atoms with Crippen LogP contribution in [0.25, 0.3) is 11.4 Å². The van der Waals surface area contributed by atoms with E-state index in [1.165, 1.54) is 11.8 Å². The predicted octanol–water partition coefficient (Wildman–Crippen LogP) is 1.31. The summed E-state index contributed by atoms with van der Waals surface area (Å²) in [6.45, 7) is 1.24. The van der Waals surface area contributed by atoms with E-state index >= 15 is 0 Å². The van der Waals surface area contributed by atoms with Crippen LogP contribution in [0.2, 0.25) is 0 Å². The number of nitrogens with zero attached hydrogens (tertiary/aromatic N) is 4. The monoisotopic (exact) mass is 320 g/mol. The van der Waals surface area contributed by atoms with Crippen LogP contribution in [0.5, 0.6) is 0 Å². The van der Waals surface area contributed by atoms with Crippen LogP contribution < -0.4 is 0 Å². The van der Waals surface area contributed by atoms with Gasteiger partial charge in [0.05, 0.1) is 17.6 Å². The van der Waals surface area contributed by atoms with E-state index < -0.39 is 10.0 Å². The molecular formula is C15H20N4O2S. The van der Waals surface area contributed by atoms with Gasteiger partial charge in [0.1, 0.15) is 0 Å². The second-order valence-corrected chi connectivity index (χ2v) is 7.85. The normalized spacial score (nSPS) is 19.6. The zero-order valence-electron chi connectivity index (χ0n) is 12.8. The molecule has 1 fully saturated rings. The first-order valence-corrected chi connectivity index (χ1v) is 9.17. The lowest BCUT2D eigenvalue weighted by atomic mass is 9.99. The maximum atomic E-state index is 11.6. The average Bonchev–Trinajstić information content (AvgIpc) is 3.07. The standard InChI is InChI=1S/C15H20N4O2S/c1-18-15(4-7-17-18)14-10-12(3-6-16-14)9-13-5-8-19(11-13)22(2,20)21/h3-4,6-7,10,13H,5,8-9,11H2,1-2H3. The van der Waals surface area contributed by atoms with Crippen molar-refractivity contribution in [3.05, 3.63) is 36.2 Å². The van der Waals surface area contributed by atoms with E-state index in [-0.39, 0.29) is 0 Å². The van der Waals surface area contributed by atoms with Gasteiger partial charge in [0, 0.05) is 32.5 Å². The summed E-state index contributed by atoms with van der Waals surface area (Å²) in [5.74, 6) is 0.372. The number of aromatic nitrogens is 3. The summed E-state index contributed by atoms with van der Waals surface area (Å²) in [6.07, 6.45) is 6.63. The highest BCUT2D eigenvalue weighted by Crippen LogP contribution is 2.24. The SMILES string of the molecule is Cn1nccc1-c1cc(CC2CCN(S(C)(=O)=O)C2)ccn1. The van der Waals surface area contributed by atoms with Crippen LogP contribution in [0, 0.1) is 5.92 Å². The Bertz CT molecular complexity index is 769. The first-order chi connectivity index (χ1) is 10.4. The maximum Gasteiger partial charge on any atom is 0.211 e. The van der Waals surface area contributed by atoms with Crippen LogP contribution >= 0.6 is 0 Å². The number of hydrogen-bond acceptors (Lipinski definition) is 4. The third-order valence-electron chi connectivity index (χ3n) is 4.15. The number of sulfonamides is 1. The molecule has 0 aromatic carbocycles. The van der Waals surface area contributed by atoms with Crippen LogP contribution in [0.1, 0.15) is 12.0 Å². The number of pyridine rings is 1. The van der Waals surface area contributed by atoms with Crippen LogP contribution in [0.15, 0.2) is 30.6 Å². The second-order valence-electron chi connectivity index (χ2n) is 5.87. The number of aryl methyl sites for hydroxylation is 1. The third-order valence-corrected chi connectivity index (χ3v) is 5.42. The van der Waals surface area contributed by atoms with Crippen molar-refractivity contribution in [2.24, 2.45) is 13.0 Å². The Morgan fingerprint density at radius 3 is 2.77 bits per heavy atom. The first kappa shape index (κ1) is 15.2. The molecule has 1 aliphatic rings. The molecule has 0 saturated carbocycles. The van der Waals surface area contributed by atoms with Gasteiger partial charge in [0.15, 0.2) is 0 Å². The maximum absolute atomic E-state index is 11.6. The zero-order chi connectivity index (χ0) is 15.7. The predicted molar refractivity (Wildman–Crippen MR) is 84.7 cm³/mol. The van der Waals surface area contributed by atoms with Crippen molar-refractivity contribution in [3.8, 4) is 11.4 Å². The first-order valence-electron chi connectivity index (χ1n) is 7.32. The molecule has 1 saturated heterocycles. The average molecular weight is 320 g/mol. The van der Waals surface area contributed by atoms with Gasteiger partial charge in [-0.25, -0.2) is 12.7 Å². The summed E-state index contributed by atoms with van der Waals surface area (Å²) in [5.41, 5.74) is 3.06. The van der Waals surface area contributed by atoms with Crippen molar-refractivity contribution >= 4 is 10.0 Å². The van der Waals surface area contributed by atoms with Crippen molar-refractivity contribution in [1.82, 2.24) is 19.1 Å². The minimum absolute atomic E-state index is 0.372. The summed E-state index contributed by atoms with van der Waals surface area (Å²) < 4.78 is 26.5. The van der Waals surface area contributed by atoms with Gasteiger partial charge in [-0.1, -0.05) is 0 Å². The largest absolute Gasteiger partial charge is 0.266 e. The third kappa shape index (κ3) is 3.20. The van der Waals surface area contributed by atoms with E-state index in [4.69, 9.17) is 0 Å². The Balaban J connectivity index is 1.73. The minimum Gasteiger partial charge on any atom is -0.266 e. The summed E-state index contributed by atoms with van der Waals surface area (Å²) >= 11 is 0. The molecule has 0 amide bonds. The Hall–Kier alpha value is -1.73. The molecule has 3 heterocycles. The molecule has 22 heavy (non-hydrogen) atoms. The fourth-order valence-electron chi connectivity index (χ4n) is 2.96. The molecule has 0 radical (unpaired) electrons.